The second kappa shape index (κ2) is 3.16. The van der Waals surface area contributed by atoms with E-state index in [-0.39, 0.29) is 15.6 Å². The van der Waals surface area contributed by atoms with Crippen LogP contribution in [0.25, 0.3) is 10.1 Å². The van der Waals surface area contributed by atoms with Gasteiger partial charge >= 0.3 is 0 Å². The van der Waals surface area contributed by atoms with E-state index in [4.69, 9.17) is 5.11 Å². The molecule has 1 N–H and O–H groups in total. The van der Waals surface area contributed by atoms with Crippen LogP contribution in [0.4, 0.5) is 13.2 Å². The number of phenols is 1. The fourth-order valence-electron chi connectivity index (χ4n) is 1.28. The number of aromatic hydroxyl groups is 1. The molecule has 0 radical (unpaired) electrons. The third-order valence-corrected chi connectivity index (χ3v) is 2.88. The third-order valence-electron chi connectivity index (χ3n) is 1.92. The van der Waals surface area contributed by atoms with Crippen molar-refractivity contribution in [2.45, 2.75) is 6.43 Å². The number of fused-ring (bicyclic) bond motifs is 1. The number of alkyl halides is 2. The van der Waals surface area contributed by atoms with Crippen LogP contribution in [0.2, 0.25) is 0 Å². The molecule has 1 heterocycles. The summed E-state index contributed by atoms with van der Waals surface area (Å²) in [6, 6.07) is 2.15. The zero-order valence-electron chi connectivity index (χ0n) is 6.80. The monoisotopic (exact) mass is 218 g/mol. The molecule has 14 heavy (non-hydrogen) atoms. The summed E-state index contributed by atoms with van der Waals surface area (Å²) in [7, 11) is 0. The third kappa shape index (κ3) is 1.24. The lowest BCUT2D eigenvalue weighted by Gasteiger charge is -2.04. The Bertz CT molecular complexity index is 478. The topological polar surface area (TPSA) is 20.2 Å². The Morgan fingerprint density at radius 1 is 1.36 bits per heavy atom. The highest BCUT2D eigenvalue weighted by Gasteiger charge is 2.18. The van der Waals surface area contributed by atoms with Crippen LogP contribution in [-0.4, -0.2) is 5.11 Å². The van der Waals surface area contributed by atoms with E-state index >= 15 is 0 Å². The zero-order valence-corrected chi connectivity index (χ0v) is 7.62. The van der Waals surface area contributed by atoms with E-state index in [0.717, 1.165) is 17.4 Å². The molecule has 0 atom stereocenters. The first-order chi connectivity index (χ1) is 6.61. The van der Waals surface area contributed by atoms with E-state index in [1.807, 2.05) is 0 Å². The first-order valence-corrected chi connectivity index (χ1v) is 4.66. The summed E-state index contributed by atoms with van der Waals surface area (Å²) >= 11 is 1.03. The van der Waals surface area contributed by atoms with Crippen LogP contribution < -0.4 is 0 Å². The van der Waals surface area contributed by atoms with Gasteiger partial charge in [-0.15, -0.1) is 11.3 Å². The normalized spacial score (nSPS) is 11.4. The molecular weight excluding hydrogens is 213 g/mol. The summed E-state index contributed by atoms with van der Waals surface area (Å²) in [5.74, 6) is -1.57. The lowest BCUT2D eigenvalue weighted by Crippen LogP contribution is -1.87. The quantitative estimate of drug-likeness (QED) is 0.774. The number of benzene rings is 1. The summed E-state index contributed by atoms with van der Waals surface area (Å²) in [4.78, 5) is 0. The van der Waals surface area contributed by atoms with Gasteiger partial charge < -0.3 is 5.11 Å². The fourth-order valence-corrected chi connectivity index (χ4v) is 2.19. The molecule has 2 rings (SSSR count). The van der Waals surface area contributed by atoms with Crippen LogP contribution in [0.5, 0.6) is 5.75 Å². The van der Waals surface area contributed by atoms with Crippen LogP contribution in [-0.2, 0) is 0 Å². The maximum absolute atomic E-state index is 13.2. The predicted molar refractivity (Wildman–Crippen MR) is 48.4 cm³/mol. The maximum atomic E-state index is 13.2. The fraction of sp³-hybridized carbons (Fsp3) is 0.111. The predicted octanol–water partition coefficient (Wildman–Crippen LogP) is 3.68. The van der Waals surface area contributed by atoms with Gasteiger partial charge in [-0.2, -0.15) is 0 Å². The van der Waals surface area contributed by atoms with Crippen molar-refractivity contribution in [3.8, 4) is 5.75 Å². The molecule has 5 heteroatoms. The summed E-state index contributed by atoms with van der Waals surface area (Å²) < 4.78 is 38.3. The van der Waals surface area contributed by atoms with Crippen molar-refractivity contribution in [1.82, 2.24) is 0 Å². The highest BCUT2D eigenvalue weighted by molar-refractivity contribution is 7.17. The van der Waals surface area contributed by atoms with Gasteiger partial charge in [-0.1, -0.05) is 0 Å². The molecule has 0 saturated heterocycles. The van der Waals surface area contributed by atoms with Crippen LogP contribution in [0.15, 0.2) is 17.5 Å². The van der Waals surface area contributed by atoms with Gasteiger partial charge in [-0.05, 0) is 17.5 Å². The summed E-state index contributed by atoms with van der Waals surface area (Å²) in [5, 5.41) is 10.6. The Balaban J connectivity index is 2.84. The van der Waals surface area contributed by atoms with Gasteiger partial charge in [0.05, 0.1) is 0 Å². The number of thiophene rings is 1. The van der Waals surface area contributed by atoms with Gasteiger partial charge in [0.25, 0.3) is 6.43 Å². The molecule has 0 saturated carbocycles. The Kier molecular flexibility index (Phi) is 2.11. The van der Waals surface area contributed by atoms with Gasteiger partial charge in [-0.25, -0.2) is 13.2 Å². The van der Waals surface area contributed by atoms with Crippen LogP contribution >= 0.6 is 11.3 Å². The van der Waals surface area contributed by atoms with E-state index in [1.54, 1.807) is 0 Å². The number of halogens is 3. The SMILES string of the molecule is Oc1cc(C(F)F)c2sccc2c1F. The molecule has 1 aromatic carbocycles. The van der Waals surface area contributed by atoms with Gasteiger partial charge in [0.15, 0.2) is 11.6 Å². The first kappa shape index (κ1) is 9.33. The van der Waals surface area contributed by atoms with E-state index in [0.29, 0.717) is 0 Å². The zero-order chi connectivity index (χ0) is 10.3. The molecule has 2 aromatic rings. The minimum Gasteiger partial charge on any atom is -0.505 e. The van der Waals surface area contributed by atoms with Crippen LogP contribution in [0.1, 0.15) is 12.0 Å². The second-order valence-corrected chi connectivity index (χ2v) is 3.68. The lowest BCUT2D eigenvalue weighted by molar-refractivity contribution is 0.153. The van der Waals surface area contributed by atoms with Crippen molar-refractivity contribution in [2.75, 3.05) is 0 Å². The summed E-state index contributed by atoms with van der Waals surface area (Å²) in [6.45, 7) is 0. The molecule has 0 amide bonds. The van der Waals surface area contributed by atoms with Gasteiger partial charge in [0.1, 0.15) is 0 Å². The standard InChI is InChI=1S/C9H5F3OS/c10-7-4-1-2-14-8(4)5(9(11)12)3-6(7)13/h1-3,9,13H. The maximum Gasteiger partial charge on any atom is 0.265 e. The van der Waals surface area contributed by atoms with Gasteiger partial charge in [0, 0.05) is 15.6 Å². The molecule has 0 aliphatic heterocycles. The second-order valence-electron chi connectivity index (χ2n) is 2.76. The molecule has 0 aliphatic rings. The van der Waals surface area contributed by atoms with Crippen molar-refractivity contribution in [1.29, 1.82) is 0 Å². The molecule has 0 aliphatic carbocycles. The van der Waals surface area contributed by atoms with Gasteiger partial charge in [-0.3, -0.25) is 0 Å². The van der Waals surface area contributed by atoms with Crippen LogP contribution in [0.3, 0.4) is 0 Å². The highest BCUT2D eigenvalue weighted by atomic mass is 32.1. The molecule has 0 spiro atoms. The molecular formula is C9H5F3OS. The van der Waals surface area contributed by atoms with Crippen molar-refractivity contribution >= 4 is 21.4 Å². The number of rotatable bonds is 1. The Hall–Kier alpha value is -1.23. The van der Waals surface area contributed by atoms with Crippen molar-refractivity contribution in [2.24, 2.45) is 0 Å². The molecule has 74 valence electrons. The van der Waals surface area contributed by atoms with E-state index in [1.165, 1.54) is 11.4 Å². The van der Waals surface area contributed by atoms with Crippen molar-refractivity contribution in [3.63, 3.8) is 0 Å². The van der Waals surface area contributed by atoms with Gasteiger partial charge in [0.2, 0.25) is 0 Å². The molecule has 1 aromatic heterocycles. The molecule has 0 fully saturated rings. The van der Waals surface area contributed by atoms with Crippen molar-refractivity contribution < 1.29 is 18.3 Å². The summed E-state index contributed by atoms with van der Waals surface area (Å²) in [6.07, 6.45) is -2.71. The minimum absolute atomic E-state index is 0.0466. The first-order valence-electron chi connectivity index (χ1n) is 3.78. The average Bonchev–Trinajstić information content (AvgIpc) is 2.59. The lowest BCUT2D eigenvalue weighted by atomic mass is 10.1. The van der Waals surface area contributed by atoms with E-state index in [9.17, 15) is 13.2 Å². The van der Waals surface area contributed by atoms with E-state index in [2.05, 4.69) is 0 Å². The Labute approximate surface area is 81.4 Å². The van der Waals surface area contributed by atoms with Crippen LogP contribution in [0, 0.1) is 5.82 Å². The minimum atomic E-state index is -2.71. The highest BCUT2D eigenvalue weighted by Crippen LogP contribution is 2.37. The number of hydrogen-bond donors (Lipinski definition) is 1. The number of phenolic OH excluding ortho intramolecular Hbond substituents is 1. The number of hydrogen-bond acceptors (Lipinski definition) is 2. The molecule has 0 unspecified atom stereocenters. The average molecular weight is 218 g/mol. The smallest absolute Gasteiger partial charge is 0.265 e. The van der Waals surface area contributed by atoms with Crippen molar-refractivity contribution in [3.05, 3.63) is 28.9 Å². The Morgan fingerprint density at radius 3 is 2.71 bits per heavy atom. The molecule has 1 nitrogen and oxygen atoms in total. The Morgan fingerprint density at radius 2 is 2.07 bits per heavy atom. The van der Waals surface area contributed by atoms with E-state index < -0.39 is 18.0 Å². The summed E-state index contributed by atoms with van der Waals surface area (Å²) in [5.41, 5.74) is -0.325. The largest absolute Gasteiger partial charge is 0.505 e. The molecule has 0 bridgehead atoms.